The molecule has 7 nitrogen and oxygen atoms in total. The first kappa shape index (κ1) is 23.1. The maximum atomic E-state index is 11.0. The van der Waals surface area contributed by atoms with Crippen LogP contribution in [0.3, 0.4) is 0 Å². The van der Waals surface area contributed by atoms with Crippen LogP contribution in [-0.4, -0.2) is 38.0 Å². The summed E-state index contributed by atoms with van der Waals surface area (Å²) < 4.78 is 5.78. The summed E-state index contributed by atoms with van der Waals surface area (Å²) >= 11 is 0. The van der Waals surface area contributed by atoms with Crippen molar-refractivity contribution in [3.05, 3.63) is 66.2 Å². The monoisotopic (exact) mass is 435 g/mol. The van der Waals surface area contributed by atoms with Crippen molar-refractivity contribution in [1.29, 1.82) is 0 Å². The summed E-state index contributed by atoms with van der Waals surface area (Å²) in [5.41, 5.74) is 1.64. The number of aromatic carboxylic acids is 1. The number of carboxylic acid groups (broad SMARTS) is 1. The SMILES string of the molecule is CCCCCCCCOc1ccc2cc(C(=O)O)ccc2c1.On1nnc2ccccc21. The molecular weight excluding hydrogens is 406 g/mol. The van der Waals surface area contributed by atoms with Gasteiger partial charge in [-0.1, -0.05) is 68.1 Å². The van der Waals surface area contributed by atoms with Crippen molar-refractivity contribution in [3.8, 4) is 5.75 Å². The Bertz CT molecular complexity index is 1160. The van der Waals surface area contributed by atoms with E-state index in [2.05, 4.69) is 17.2 Å². The van der Waals surface area contributed by atoms with Crippen molar-refractivity contribution < 1.29 is 19.8 Å². The number of carboxylic acids is 1. The van der Waals surface area contributed by atoms with Gasteiger partial charge in [0.05, 0.1) is 12.2 Å². The summed E-state index contributed by atoms with van der Waals surface area (Å²) in [6.45, 7) is 2.97. The third-order valence-electron chi connectivity index (χ3n) is 5.16. The van der Waals surface area contributed by atoms with Gasteiger partial charge in [0, 0.05) is 0 Å². The quantitative estimate of drug-likeness (QED) is 0.249. The summed E-state index contributed by atoms with van der Waals surface area (Å²) in [6.07, 6.45) is 7.50. The van der Waals surface area contributed by atoms with Crippen LogP contribution < -0.4 is 4.74 Å². The van der Waals surface area contributed by atoms with Gasteiger partial charge in [0.25, 0.3) is 0 Å². The molecule has 32 heavy (non-hydrogen) atoms. The lowest BCUT2D eigenvalue weighted by molar-refractivity contribution is 0.0697. The van der Waals surface area contributed by atoms with Crippen LogP contribution in [0.2, 0.25) is 0 Å². The molecule has 1 heterocycles. The van der Waals surface area contributed by atoms with E-state index in [-0.39, 0.29) is 0 Å². The highest BCUT2D eigenvalue weighted by atomic mass is 16.5. The molecule has 0 aliphatic carbocycles. The van der Waals surface area contributed by atoms with Gasteiger partial charge in [0.2, 0.25) is 0 Å². The Hall–Kier alpha value is -3.61. The molecule has 2 N–H and O–H groups in total. The Balaban J connectivity index is 0.000000238. The molecule has 3 aromatic carbocycles. The first-order valence-electron chi connectivity index (χ1n) is 11.0. The van der Waals surface area contributed by atoms with E-state index in [4.69, 9.17) is 15.1 Å². The predicted molar refractivity (Wildman–Crippen MR) is 124 cm³/mol. The van der Waals surface area contributed by atoms with Crippen molar-refractivity contribution in [3.63, 3.8) is 0 Å². The second-order valence-electron chi connectivity index (χ2n) is 7.61. The van der Waals surface area contributed by atoms with Crippen molar-refractivity contribution >= 4 is 27.8 Å². The average Bonchev–Trinajstić information content (AvgIpc) is 3.19. The number of hydrogen-bond donors (Lipinski definition) is 2. The van der Waals surface area contributed by atoms with E-state index in [0.29, 0.717) is 16.6 Å². The molecule has 0 spiro atoms. The molecule has 0 fully saturated rings. The maximum Gasteiger partial charge on any atom is 0.335 e. The third kappa shape index (κ3) is 6.44. The molecule has 1 aromatic heterocycles. The van der Waals surface area contributed by atoms with Crippen molar-refractivity contribution in [2.45, 2.75) is 45.4 Å². The Morgan fingerprint density at radius 2 is 1.66 bits per heavy atom. The summed E-state index contributed by atoms with van der Waals surface area (Å²) in [6, 6.07) is 18.1. The van der Waals surface area contributed by atoms with Gasteiger partial charge >= 0.3 is 5.97 Å². The number of nitrogens with zero attached hydrogens (tertiary/aromatic N) is 3. The van der Waals surface area contributed by atoms with Crippen LogP contribution in [-0.2, 0) is 0 Å². The maximum absolute atomic E-state index is 11.0. The van der Waals surface area contributed by atoms with Crippen molar-refractivity contribution in [1.82, 2.24) is 15.2 Å². The number of rotatable bonds is 9. The highest BCUT2D eigenvalue weighted by Crippen LogP contribution is 2.22. The fourth-order valence-electron chi connectivity index (χ4n) is 3.38. The van der Waals surface area contributed by atoms with E-state index in [0.717, 1.165) is 34.4 Å². The average molecular weight is 436 g/mol. The molecule has 0 aliphatic heterocycles. The first-order chi connectivity index (χ1) is 15.6. The lowest BCUT2D eigenvalue weighted by atomic mass is 10.1. The van der Waals surface area contributed by atoms with E-state index in [9.17, 15) is 4.79 Å². The molecule has 0 bridgehead atoms. The zero-order valence-corrected chi connectivity index (χ0v) is 18.3. The highest BCUT2D eigenvalue weighted by molar-refractivity contribution is 5.94. The molecule has 0 atom stereocenters. The second-order valence-corrected chi connectivity index (χ2v) is 7.61. The lowest BCUT2D eigenvalue weighted by Gasteiger charge is -2.08. The lowest BCUT2D eigenvalue weighted by Crippen LogP contribution is -1.98. The Morgan fingerprint density at radius 1 is 0.938 bits per heavy atom. The first-order valence-corrected chi connectivity index (χ1v) is 11.0. The van der Waals surface area contributed by atoms with Crippen LogP contribution in [0.5, 0.6) is 5.75 Å². The fraction of sp³-hybridized carbons (Fsp3) is 0.320. The van der Waals surface area contributed by atoms with Gasteiger partial charge < -0.3 is 15.1 Å². The van der Waals surface area contributed by atoms with Gasteiger partial charge in [0.1, 0.15) is 16.8 Å². The van der Waals surface area contributed by atoms with E-state index in [1.54, 1.807) is 24.3 Å². The third-order valence-corrected chi connectivity index (χ3v) is 5.16. The number of para-hydroxylation sites is 1. The highest BCUT2D eigenvalue weighted by Gasteiger charge is 2.04. The Kier molecular flexibility index (Phi) is 8.43. The summed E-state index contributed by atoms with van der Waals surface area (Å²) in [4.78, 5) is 11.7. The zero-order chi connectivity index (χ0) is 22.8. The molecule has 4 aromatic rings. The number of benzene rings is 3. The fourth-order valence-corrected chi connectivity index (χ4v) is 3.38. The molecule has 0 unspecified atom stereocenters. The van der Waals surface area contributed by atoms with E-state index < -0.39 is 5.97 Å². The van der Waals surface area contributed by atoms with Crippen LogP contribution in [0.1, 0.15) is 55.8 Å². The van der Waals surface area contributed by atoms with Gasteiger partial charge in [0.15, 0.2) is 0 Å². The molecule has 7 heteroatoms. The predicted octanol–water partition coefficient (Wildman–Crippen LogP) is 5.95. The normalized spacial score (nSPS) is 10.7. The zero-order valence-electron chi connectivity index (χ0n) is 18.3. The van der Waals surface area contributed by atoms with Crippen LogP contribution in [0, 0.1) is 0 Å². The van der Waals surface area contributed by atoms with Crippen LogP contribution in [0.25, 0.3) is 21.8 Å². The molecule has 0 aliphatic rings. The van der Waals surface area contributed by atoms with Crippen LogP contribution >= 0.6 is 0 Å². The number of carbonyl (C=O) groups is 1. The van der Waals surface area contributed by atoms with Crippen LogP contribution in [0.4, 0.5) is 0 Å². The number of fused-ring (bicyclic) bond motifs is 2. The Labute approximate surface area is 187 Å². The second kappa shape index (κ2) is 11.7. The van der Waals surface area contributed by atoms with Gasteiger partial charge in [-0.3, -0.25) is 0 Å². The van der Waals surface area contributed by atoms with Gasteiger partial charge in [-0.05, 0) is 58.8 Å². The molecule has 0 saturated carbocycles. The minimum Gasteiger partial charge on any atom is -0.494 e. The minimum atomic E-state index is -0.898. The standard InChI is InChI=1S/C19H24O3.C6H5N3O/c1-2-3-4-5-6-7-12-22-18-11-10-15-13-17(19(20)21)9-8-16(15)14-18;10-9-6-4-2-1-3-5(6)7-8-9/h8-11,13-14H,2-7,12H2,1H3,(H,20,21);1-4,10H. The molecule has 168 valence electrons. The largest absolute Gasteiger partial charge is 0.494 e. The van der Waals surface area contributed by atoms with Crippen molar-refractivity contribution in [2.75, 3.05) is 6.61 Å². The summed E-state index contributed by atoms with van der Waals surface area (Å²) in [7, 11) is 0. The molecule has 0 radical (unpaired) electrons. The smallest absolute Gasteiger partial charge is 0.335 e. The molecule has 0 amide bonds. The summed E-state index contributed by atoms with van der Waals surface area (Å²) in [5.74, 6) is -0.0468. The topological polar surface area (TPSA) is 97.5 Å². The molecular formula is C25H29N3O4. The van der Waals surface area contributed by atoms with Gasteiger partial charge in [-0.15, -0.1) is 5.10 Å². The number of unbranched alkanes of at least 4 members (excludes halogenated alkanes) is 5. The van der Waals surface area contributed by atoms with E-state index in [1.807, 2.05) is 36.4 Å². The van der Waals surface area contributed by atoms with Crippen LogP contribution in [0.15, 0.2) is 60.7 Å². The summed E-state index contributed by atoms with van der Waals surface area (Å²) in [5, 5.41) is 27.0. The van der Waals surface area contributed by atoms with E-state index >= 15 is 0 Å². The van der Waals surface area contributed by atoms with Gasteiger partial charge in [-0.2, -0.15) is 0 Å². The number of aromatic nitrogens is 3. The minimum absolute atomic E-state index is 0.313. The van der Waals surface area contributed by atoms with Crippen molar-refractivity contribution in [2.24, 2.45) is 0 Å². The van der Waals surface area contributed by atoms with Gasteiger partial charge in [-0.25, -0.2) is 4.79 Å². The number of hydrogen-bond acceptors (Lipinski definition) is 5. The van der Waals surface area contributed by atoms with E-state index in [1.165, 1.54) is 32.1 Å². The molecule has 4 rings (SSSR count). The Morgan fingerprint density at radius 3 is 2.44 bits per heavy atom. The molecule has 0 saturated heterocycles. The number of ether oxygens (including phenoxy) is 1.